The van der Waals surface area contributed by atoms with Crippen molar-refractivity contribution < 1.29 is 4.79 Å². The Bertz CT molecular complexity index is 517. The van der Waals surface area contributed by atoms with Gasteiger partial charge in [0.05, 0.1) is 0 Å². The minimum Gasteiger partial charge on any atom is -0.372 e. The second-order valence-electron chi connectivity index (χ2n) is 6.85. The van der Waals surface area contributed by atoms with Crippen LogP contribution in [0.1, 0.15) is 32.6 Å². The standard InChI is InChI=1S/C19H30N4O/c1-2-10-21-13-15-23(16-14-21)19(24)20-17-6-8-18(9-7-17)22-11-4-3-5-12-22/h6-9H,2-5,10-16H2,1H3,(H,20,24). The molecule has 0 atom stereocenters. The Morgan fingerprint density at radius 1 is 0.958 bits per heavy atom. The second-order valence-corrected chi connectivity index (χ2v) is 6.85. The maximum atomic E-state index is 12.4. The van der Waals surface area contributed by atoms with Crippen LogP contribution in [-0.4, -0.2) is 61.6 Å². The van der Waals surface area contributed by atoms with E-state index in [1.807, 2.05) is 17.0 Å². The van der Waals surface area contributed by atoms with Crippen molar-refractivity contribution in [3.05, 3.63) is 24.3 Å². The normalized spacial score (nSPS) is 19.4. The van der Waals surface area contributed by atoms with E-state index in [1.165, 1.54) is 31.4 Å². The molecule has 24 heavy (non-hydrogen) atoms. The van der Waals surface area contributed by atoms with E-state index in [9.17, 15) is 4.79 Å². The Balaban J connectivity index is 1.49. The van der Waals surface area contributed by atoms with Crippen LogP contribution in [0.2, 0.25) is 0 Å². The van der Waals surface area contributed by atoms with E-state index in [0.717, 1.165) is 51.5 Å². The van der Waals surface area contributed by atoms with Gasteiger partial charge in [-0.3, -0.25) is 4.90 Å². The first-order valence-electron chi connectivity index (χ1n) is 9.39. The van der Waals surface area contributed by atoms with E-state index < -0.39 is 0 Å². The van der Waals surface area contributed by atoms with Crippen molar-refractivity contribution in [3.8, 4) is 0 Å². The van der Waals surface area contributed by atoms with Crippen LogP contribution in [-0.2, 0) is 0 Å². The molecule has 3 rings (SSSR count). The summed E-state index contributed by atoms with van der Waals surface area (Å²) in [5, 5.41) is 3.04. The first-order chi connectivity index (χ1) is 11.8. The molecule has 2 aliphatic heterocycles. The molecule has 5 nitrogen and oxygen atoms in total. The molecule has 0 spiro atoms. The summed E-state index contributed by atoms with van der Waals surface area (Å²) in [6.07, 6.45) is 5.08. The minimum absolute atomic E-state index is 0.0249. The van der Waals surface area contributed by atoms with Crippen LogP contribution in [0.15, 0.2) is 24.3 Å². The monoisotopic (exact) mass is 330 g/mol. The first-order valence-corrected chi connectivity index (χ1v) is 9.39. The maximum Gasteiger partial charge on any atom is 0.321 e. The molecule has 0 bridgehead atoms. The number of urea groups is 1. The average Bonchev–Trinajstić information content (AvgIpc) is 2.64. The molecule has 132 valence electrons. The molecule has 1 N–H and O–H groups in total. The summed E-state index contributed by atoms with van der Waals surface area (Å²) in [5.74, 6) is 0. The highest BCUT2D eigenvalue weighted by Crippen LogP contribution is 2.22. The number of nitrogens with one attached hydrogen (secondary N) is 1. The van der Waals surface area contributed by atoms with Crippen LogP contribution in [0.3, 0.4) is 0 Å². The van der Waals surface area contributed by atoms with Crippen molar-refractivity contribution in [1.82, 2.24) is 9.80 Å². The molecule has 2 heterocycles. The number of piperidine rings is 1. The molecule has 2 aliphatic rings. The fraction of sp³-hybridized carbons (Fsp3) is 0.632. The fourth-order valence-corrected chi connectivity index (χ4v) is 3.60. The van der Waals surface area contributed by atoms with E-state index in [2.05, 4.69) is 34.2 Å². The van der Waals surface area contributed by atoms with Crippen LogP contribution in [0.25, 0.3) is 0 Å². The number of nitrogens with zero attached hydrogens (tertiary/aromatic N) is 3. The van der Waals surface area contributed by atoms with Gasteiger partial charge in [0.1, 0.15) is 0 Å². The molecule has 2 amide bonds. The molecule has 0 aromatic heterocycles. The number of piperazine rings is 1. The van der Waals surface area contributed by atoms with Crippen molar-refractivity contribution in [2.75, 3.05) is 56.0 Å². The number of hydrogen-bond donors (Lipinski definition) is 1. The van der Waals surface area contributed by atoms with Gasteiger partial charge in [-0.25, -0.2) is 4.79 Å². The van der Waals surface area contributed by atoms with E-state index in [1.54, 1.807) is 0 Å². The minimum atomic E-state index is 0.0249. The summed E-state index contributed by atoms with van der Waals surface area (Å²) in [6.45, 7) is 9.22. The number of anilines is 2. The third-order valence-corrected chi connectivity index (χ3v) is 5.04. The molecular weight excluding hydrogens is 300 g/mol. The van der Waals surface area contributed by atoms with Crippen LogP contribution in [0, 0.1) is 0 Å². The summed E-state index contributed by atoms with van der Waals surface area (Å²) >= 11 is 0. The third kappa shape index (κ3) is 4.41. The quantitative estimate of drug-likeness (QED) is 0.921. The lowest BCUT2D eigenvalue weighted by molar-refractivity contribution is 0.147. The number of benzene rings is 1. The SMILES string of the molecule is CCCN1CCN(C(=O)Nc2ccc(N3CCCCC3)cc2)CC1. The van der Waals surface area contributed by atoms with Gasteiger partial charge in [-0.15, -0.1) is 0 Å². The largest absolute Gasteiger partial charge is 0.372 e. The Hall–Kier alpha value is -1.75. The number of carbonyl (C=O) groups excluding carboxylic acids is 1. The van der Waals surface area contributed by atoms with Crippen molar-refractivity contribution in [3.63, 3.8) is 0 Å². The summed E-state index contributed by atoms with van der Waals surface area (Å²) in [5.41, 5.74) is 2.15. The molecule has 1 aromatic rings. The maximum absolute atomic E-state index is 12.4. The molecule has 2 fully saturated rings. The first kappa shape index (κ1) is 17.1. The van der Waals surface area contributed by atoms with Crippen molar-refractivity contribution in [2.45, 2.75) is 32.6 Å². The van der Waals surface area contributed by atoms with Crippen molar-refractivity contribution in [1.29, 1.82) is 0 Å². The highest BCUT2D eigenvalue weighted by molar-refractivity contribution is 5.89. The van der Waals surface area contributed by atoms with Crippen LogP contribution in [0.5, 0.6) is 0 Å². The average molecular weight is 330 g/mol. The number of carbonyl (C=O) groups is 1. The summed E-state index contributed by atoms with van der Waals surface area (Å²) in [4.78, 5) is 19.2. The molecule has 2 saturated heterocycles. The third-order valence-electron chi connectivity index (χ3n) is 5.04. The zero-order valence-corrected chi connectivity index (χ0v) is 14.8. The van der Waals surface area contributed by atoms with Gasteiger partial charge in [0.25, 0.3) is 0 Å². The van der Waals surface area contributed by atoms with E-state index >= 15 is 0 Å². The van der Waals surface area contributed by atoms with E-state index in [0.29, 0.717) is 0 Å². The van der Waals surface area contributed by atoms with Gasteiger partial charge in [-0.2, -0.15) is 0 Å². The highest BCUT2D eigenvalue weighted by Gasteiger charge is 2.20. The van der Waals surface area contributed by atoms with Gasteiger partial charge in [0.2, 0.25) is 0 Å². The van der Waals surface area contributed by atoms with Gasteiger partial charge in [-0.05, 0) is 56.5 Å². The zero-order chi connectivity index (χ0) is 16.8. The second kappa shape index (κ2) is 8.38. The highest BCUT2D eigenvalue weighted by atomic mass is 16.2. The van der Waals surface area contributed by atoms with E-state index in [4.69, 9.17) is 0 Å². The summed E-state index contributed by atoms with van der Waals surface area (Å²) in [7, 11) is 0. The Kier molecular flexibility index (Phi) is 5.96. The van der Waals surface area contributed by atoms with Gasteiger partial charge in [0, 0.05) is 50.6 Å². The van der Waals surface area contributed by atoms with Gasteiger partial charge in [-0.1, -0.05) is 6.92 Å². The molecule has 0 aliphatic carbocycles. The van der Waals surface area contributed by atoms with Crippen molar-refractivity contribution in [2.24, 2.45) is 0 Å². The fourth-order valence-electron chi connectivity index (χ4n) is 3.60. The molecular formula is C19H30N4O. The number of rotatable bonds is 4. The lowest BCUT2D eigenvalue weighted by Gasteiger charge is -2.34. The Labute approximate surface area is 145 Å². The summed E-state index contributed by atoms with van der Waals surface area (Å²) < 4.78 is 0. The van der Waals surface area contributed by atoms with Gasteiger partial charge in [0.15, 0.2) is 0 Å². The van der Waals surface area contributed by atoms with Gasteiger partial charge < -0.3 is 15.1 Å². The molecule has 5 heteroatoms. The lowest BCUT2D eigenvalue weighted by Crippen LogP contribution is -2.50. The molecule has 0 saturated carbocycles. The number of amides is 2. The predicted molar refractivity (Wildman–Crippen MR) is 99.8 cm³/mol. The van der Waals surface area contributed by atoms with Gasteiger partial charge >= 0.3 is 6.03 Å². The smallest absolute Gasteiger partial charge is 0.321 e. The van der Waals surface area contributed by atoms with Crippen LogP contribution < -0.4 is 10.2 Å². The summed E-state index contributed by atoms with van der Waals surface area (Å²) in [6, 6.07) is 8.32. The predicted octanol–water partition coefficient (Wildman–Crippen LogP) is 3.24. The Morgan fingerprint density at radius 3 is 2.25 bits per heavy atom. The van der Waals surface area contributed by atoms with Crippen molar-refractivity contribution >= 4 is 17.4 Å². The molecule has 0 radical (unpaired) electrons. The van der Waals surface area contributed by atoms with Crippen LogP contribution >= 0.6 is 0 Å². The zero-order valence-electron chi connectivity index (χ0n) is 14.8. The van der Waals surface area contributed by atoms with Crippen LogP contribution in [0.4, 0.5) is 16.2 Å². The number of hydrogen-bond acceptors (Lipinski definition) is 3. The lowest BCUT2D eigenvalue weighted by atomic mass is 10.1. The Morgan fingerprint density at radius 2 is 1.62 bits per heavy atom. The topological polar surface area (TPSA) is 38.8 Å². The van der Waals surface area contributed by atoms with E-state index in [-0.39, 0.29) is 6.03 Å². The molecule has 0 unspecified atom stereocenters. The molecule has 1 aromatic carbocycles.